The number of hydrogen-bond donors (Lipinski definition) is 1. The molecular weight excluding hydrogens is 346 g/mol. The third kappa shape index (κ3) is 3.80. The van der Waals surface area contributed by atoms with Gasteiger partial charge in [0.15, 0.2) is 4.34 Å². The number of nitrogens with zero attached hydrogens (tertiary/aromatic N) is 4. The molecule has 3 heterocycles. The van der Waals surface area contributed by atoms with Crippen LogP contribution >= 0.6 is 23.1 Å². The highest BCUT2D eigenvalue weighted by atomic mass is 32.2. The van der Waals surface area contributed by atoms with Gasteiger partial charge in [-0.25, -0.2) is 4.98 Å². The fraction of sp³-hybridized carbons (Fsp3) is 0.267. The molecule has 3 rings (SSSR count). The van der Waals surface area contributed by atoms with Crippen molar-refractivity contribution < 1.29 is 4.79 Å². The van der Waals surface area contributed by atoms with E-state index >= 15 is 0 Å². The number of carbonyl (C=O) groups is 1. The van der Waals surface area contributed by atoms with Crippen molar-refractivity contribution in [3.8, 4) is 0 Å². The number of aromatic nitrogens is 4. The lowest BCUT2D eigenvalue weighted by Gasteiger charge is -2.04. The predicted molar refractivity (Wildman–Crippen MR) is 94.6 cm³/mol. The SMILES string of the molecule is CCC(=O)Nc1nnc(SCc2cc(=O)n3cc(C)ccc3n2)s1. The molecule has 0 radical (unpaired) electrons. The Morgan fingerprint density at radius 1 is 1.38 bits per heavy atom. The molecule has 0 aliphatic carbocycles. The first-order chi connectivity index (χ1) is 11.5. The number of hydrogen-bond acceptors (Lipinski definition) is 7. The summed E-state index contributed by atoms with van der Waals surface area (Å²) in [6.07, 6.45) is 2.17. The van der Waals surface area contributed by atoms with E-state index in [4.69, 9.17) is 0 Å². The van der Waals surface area contributed by atoms with Crippen LogP contribution in [0.3, 0.4) is 0 Å². The van der Waals surface area contributed by atoms with Gasteiger partial charge in [-0.15, -0.1) is 10.2 Å². The number of pyridine rings is 1. The van der Waals surface area contributed by atoms with Crippen molar-refractivity contribution in [1.82, 2.24) is 19.6 Å². The Morgan fingerprint density at radius 3 is 3.00 bits per heavy atom. The minimum Gasteiger partial charge on any atom is -0.301 e. The third-order valence-corrected chi connectivity index (χ3v) is 5.18. The van der Waals surface area contributed by atoms with E-state index in [1.54, 1.807) is 13.1 Å². The fourth-order valence-electron chi connectivity index (χ4n) is 1.99. The number of nitrogens with one attached hydrogen (secondary N) is 1. The van der Waals surface area contributed by atoms with Crippen LogP contribution in [0.2, 0.25) is 0 Å². The second-order valence-corrected chi connectivity index (χ2v) is 7.28. The average Bonchev–Trinajstić information content (AvgIpc) is 3.01. The molecule has 3 aromatic heterocycles. The molecule has 24 heavy (non-hydrogen) atoms. The first kappa shape index (κ1) is 16.6. The number of anilines is 1. The number of amides is 1. The molecule has 7 nitrogen and oxygen atoms in total. The Bertz CT molecular complexity index is 950. The van der Waals surface area contributed by atoms with E-state index in [-0.39, 0.29) is 11.5 Å². The topological polar surface area (TPSA) is 89.2 Å². The van der Waals surface area contributed by atoms with E-state index in [9.17, 15) is 9.59 Å². The summed E-state index contributed by atoms with van der Waals surface area (Å²) in [4.78, 5) is 28.0. The van der Waals surface area contributed by atoms with Crippen molar-refractivity contribution in [3.63, 3.8) is 0 Å². The van der Waals surface area contributed by atoms with Crippen LogP contribution in [-0.4, -0.2) is 25.5 Å². The molecule has 0 bridgehead atoms. The van der Waals surface area contributed by atoms with Crippen LogP contribution in [-0.2, 0) is 10.5 Å². The van der Waals surface area contributed by atoms with Crippen molar-refractivity contribution in [2.24, 2.45) is 0 Å². The molecule has 1 N–H and O–H groups in total. The van der Waals surface area contributed by atoms with Gasteiger partial charge in [0, 0.05) is 24.4 Å². The first-order valence-electron chi connectivity index (χ1n) is 7.30. The molecule has 0 aromatic carbocycles. The Hall–Kier alpha value is -2.26. The first-order valence-corrected chi connectivity index (χ1v) is 9.10. The van der Waals surface area contributed by atoms with Gasteiger partial charge in [-0.05, 0) is 18.6 Å². The zero-order chi connectivity index (χ0) is 17.1. The summed E-state index contributed by atoms with van der Waals surface area (Å²) in [6, 6.07) is 5.28. The summed E-state index contributed by atoms with van der Waals surface area (Å²) in [5.41, 5.74) is 2.21. The maximum atomic E-state index is 12.2. The van der Waals surface area contributed by atoms with Gasteiger partial charge in [-0.1, -0.05) is 36.1 Å². The van der Waals surface area contributed by atoms with Gasteiger partial charge in [0.2, 0.25) is 11.0 Å². The zero-order valence-electron chi connectivity index (χ0n) is 13.1. The number of aryl methyl sites for hydroxylation is 1. The zero-order valence-corrected chi connectivity index (χ0v) is 14.8. The molecular formula is C15H15N5O2S2. The Kier molecular flexibility index (Phi) is 4.91. The van der Waals surface area contributed by atoms with Crippen molar-refractivity contribution >= 4 is 39.8 Å². The summed E-state index contributed by atoms with van der Waals surface area (Å²) < 4.78 is 2.25. The fourth-order valence-corrected chi connectivity index (χ4v) is 3.65. The molecule has 0 aliphatic rings. The molecule has 0 saturated heterocycles. The van der Waals surface area contributed by atoms with Crippen LogP contribution in [0.4, 0.5) is 5.13 Å². The monoisotopic (exact) mass is 361 g/mol. The summed E-state index contributed by atoms with van der Waals surface area (Å²) in [5, 5.41) is 11.1. The van der Waals surface area contributed by atoms with E-state index in [1.165, 1.54) is 33.6 Å². The molecule has 1 amide bonds. The molecule has 3 aromatic rings. The largest absolute Gasteiger partial charge is 0.301 e. The van der Waals surface area contributed by atoms with Crippen molar-refractivity contribution in [2.45, 2.75) is 30.4 Å². The highest BCUT2D eigenvalue weighted by Crippen LogP contribution is 2.27. The molecule has 0 fully saturated rings. The van der Waals surface area contributed by atoms with Gasteiger partial charge in [-0.2, -0.15) is 0 Å². The number of fused-ring (bicyclic) bond motifs is 1. The highest BCUT2D eigenvalue weighted by molar-refractivity contribution is 8.00. The lowest BCUT2D eigenvalue weighted by atomic mass is 10.3. The van der Waals surface area contributed by atoms with Gasteiger partial charge in [0.05, 0.1) is 5.69 Å². The summed E-state index contributed by atoms with van der Waals surface area (Å²) in [5.74, 6) is 0.415. The lowest BCUT2D eigenvalue weighted by molar-refractivity contribution is -0.115. The third-order valence-electron chi connectivity index (χ3n) is 3.18. The normalized spacial score (nSPS) is 10.9. The van der Waals surface area contributed by atoms with Crippen LogP contribution in [0.1, 0.15) is 24.6 Å². The van der Waals surface area contributed by atoms with E-state index in [0.29, 0.717) is 33.0 Å². The Morgan fingerprint density at radius 2 is 2.21 bits per heavy atom. The number of rotatable bonds is 5. The lowest BCUT2D eigenvalue weighted by Crippen LogP contribution is -2.15. The summed E-state index contributed by atoms with van der Waals surface area (Å²) in [7, 11) is 0. The standard InChI is InChI=1S/C15H15N5O2S2/c1-3-12(21)17-14-18-19-15(24-14)23-8-10-6-13(22)20-7-9(2)4-5-11(20)16-10/h4-7H,3,8H2,1-2H3,(H,17,18,21). The second-order valence-electron chi connectivity index (χ2n) is 5.08. The molecule has 0 saturated carbocycles. The molecule has 124 valence electrons. The molecule has 0 unspecified atom stereocenters. The Balaban J connectivity index is 1.73. The highest BCUT2D eigenvalue weighted by Gasteiger charge is 2.09. The number of thioether (sulfide) groups is 1. The van der Waals surface area contributed by atoms with Crippen molar-refractivity contribution in [3.05, 3.63) is 46.0 Å². The molecule has 0 aliphatic heterocycles. The smallest absolute Gasteiger partial charge is 0.258 e. The van der Waals surface area contributed by atoms with Crippen LogP contribution in [0.25, 0.3) is 5.65 Å². The van der Waals surface area contributed by atoms with Crippen molar-refractivity contribution in [2.75, 3.05) is 5.32 Å². The minimum atomic E-state index is -0.104. The second kappa shape index (κ2) is 7.10. The van der Waals surface area contributed by atoms with E-state index in [1.807, 2.05) is 19.1 Å². The Labute approximate surface area is 146 Å². The minimum absolute atomic E-state index is 0.0952. The van der Waals surface area contributed by atoms with E-state index in [2.05, 4.69) is 20.5 Å². The van der Waals surface area contributed by atoms with Crippen LogP contribution < -0.4 is 10.9 Å². The molecule has 0 spiro atoms. The maximum absolute atomic E-state index is 12.2. The quantitative estimate of drug-likeness (QED) is 0.555. The van der Waals surface area contributed by atoms with Gasteiger partial charge < -0.3 is 5.32 Å². The molecule has 0 atom stereocenters. The number of carbonyl (C=O) groups excluding carboxylic acids is 1. The van der Waals surface area contributed by atoms with Crippen LogP contribution in [0.15, 0.2) is 33.5 Å². The van der Waals surface area contributed by atoms with Gasteiger partial charge in [0.1, 0.15) is 5.65 Å². The summed E-state index contributed by atoms with van der Waals surface area (Å²) in [6.45, 7) is 3.71. The van der Waals surface area contributed by atoms with Crippen LogP contribution in [0, 0.1) is 6.92 Å². The average molecular weight is 361 g/mol. The predicted octanol–water partition coefficient (Wildman–Crippen LogP) is 2.50. The van der Waals surface area contributed by atoms with Crippen molar-refractivity contribution in [1.29, 1.82) is 0 Å². The van der Waals surface area contributed by atoms with Gasteiger partial charge >= 0.3 is 0 Å². The van der Waals surface area contributed by atoms with E-state index < -0.39 is 0 Å². The van der Waals surface area contributed by atoms with E-state index in [0.717, 1.165) is 5.56 Å². The summed E-state index contributed by atoms with van der Waals surface area (Å²) >= 11 is 2.74. The van der Waals surface area contributed by atoms with Gasteiger partial charge in [0.25, 0.3) is 5.56 Å². The molecule has 9 heteroatoms. The van der Waals surface area contributed by atoms with Gasteiger partial charge in [-0.3, -0.25) is 14.0 Å². The maximum Gasteiger partial charge on any atom is 0.258 e. The van der Waals surface area contributed by atoms with Crippen LogP contribution in [0.5, 0.6) is 0 Å².